The Labute approximate surface area is 228 Å². The van der Waals surface area contributed by atoms with Crippen LogP contribution < -0.4 is 10.6 Å². The fourth-order valence-electron chi connectivity index (χ4n) is 2.90. The van der Waals surface area contributed by atoms with Crippen molar-refractivity contribution in [3.8, 4) is 0 Å². The van der Waals surface area contributed by atoms with Crippen molar-refractivity contribution in [3.05, 3.63) is 78.5 Å². The maximum absolute atomic E-state index is 12.6. The number of nitrogens with one attached hydrogen (secondary N) is 2. The summed E-state index contributed by atoms with van der Waals surface area (Å²) in [5.41, 5.74) is 2.17. The minimum absolute atomic E-state index is 0.0366. The van der Waals surface area contributed by atoms with Gasteiger partial charge in [-0.15, -0.1) is 0 Å². The molecule has 36 heavy (non-hydrogen) atoms. The van der Waals surface area contributed by atoms with E-state index in [-0.39, 0.29) is 23.5 Å². The molecule has 1 atom stereocenters. The average Bonchev–Trinajstić information content (AvgIpc) is 2.87. The summed E-state index contributed by atoms with van der Waals surface area (Å²) in [4.78, 5) is 33.1. The Hall–Kier alpha value is -2.78. The number of benzene rings is 2. The molecule has 0 aliphatic heterocycles. The van der Waals surface area contributed by atoms with E-state index in [1.807, 2.05) is 60.7 Å². The highest BCUT2D eigenvalue weighted by Crippen LogP contribution is 2.32. The average molecular weight is 566 g/mol. The number of hydrogen-bond acceptors (Lipinski definition) is 6. The summed E-state index contributed by atoms with van der Waals surface area (Å²) in [5.74, 6) is -0.913. The molecule has 0 radical (unpaired) electrons. The number of thioether (sulfide) groups is 1. The van der Waals surface area contributed by atoms with Gasteiger partial charge in [0.15, 0.2) is 11.3 Å². The molecule has 0 saturated heterocycles. The summed E-state index contributed by atoms with van der Waals surface area (Å²) in [6, 6.07) is 18.6. The molecule has 7 nitrogen and oxygen atoms in total. The van der Waals surface area contributed by atoms with Crippen LogP contribution in [0, 0.1) is 0 Å². The van der Waals surface area contributed by atoms with Crippen molar-refractivity contribution in [2.24, 2.45) is 4.99 Å². The van der Waals surface area contributed by atoms with Crippen LogP contribution in [0.3, 0.4) is 0 Å². The quantitative estimate of drug-likeness (QED) is 0.0847. The minimum Gasteiger partial charge on any atom is -0.454 e. The van der Waals surface area contributed by atoms with Gasteiger partial charge in [-0.25, -0.2) is 4.99 Å². The number of halogens is 3. The van der Waals surface area contributed by atoms with E-state index in [9.17, 15) is 9.59 Å². The molecule has 1 aromatic heterocycles. The number of anilines is 1. The Morgan fingerprint density at radius 2 is 1.86 bits per heavy atom. The fraction of sp³-hybridized carbons (Fsp3) is 0.200. The van der Waals surface area contributed by atoms with Crippen molar-refractivity contribution < 1.29 is 14.3 Å². The van der Waals surface area contributed by atoms with Crippen LogP contribution >= 0.6 is 46.6 Å². The van der Waals surface area contributed by atoms with Crippen molar-refractivity contribution in [2.75, 3.05) is 11.3 Å². The molecule has 0 aliphatic carbocycles. The number of para-hydroxylation sites is 1. The maximum atomic E-state index is 12.6. The van der Waals surface area contributed by atoms with E-state index in [1.54, 1.807) is 19.2 Å². The molecular weight excluding hydrogens is 543 g/mol. The van der Waals surface area contributed by atoms with Crippen LogP contribution in [0.1, 0.15) is 18.9 Å². The lowest BCUT2D eigenvalue weighted by Crippen LogP contribution is -2.42. The number of esters is 1. The molecule has 0 fully saturated rings. The Morgan fingerprint density at radius 3 is 2.58 bits per heavy atom. The van der Waals surface area contributed by atoms with Crippen molar-refractivity contribution in [3.63, 3.8) is 0 Å². The lowest BCUT2D eigenvalue weighted by atomic mass is 10.2. The molecular formula is C25H23Cl3N4O3S. The number of ether oxygens (including phenoxy) is 1. The lowest BCUT2D eigenvalue weighted by molar-refractivity contribution is -0.140. The first-order valence-electron chi connectivity index (χ1n) is 10.8. The van der Waals surface area contributed by atoms with E-state index < -0.39 is 15.9 Å². The molecule has 2 aromatic carbocycles. The zero-order valence-corrected chi connectivity index (χ0v) is 22.2. The zero-order chi connectivity index (χ0) is 26.0. The number of aliphatic imine (C=N–C) groups is 1. The summed E-state index contributed by atoms with van der Waals surface area (Å²) in [6.07, 6.45) is 3.61. The summed E-state index contributed by atoms with van der Waals surface area (Å²) in [7, 11) is 0. The van der Waals surface area contributed by atoms with Crippen LogP contribution in [0.4, 0.5) is 5.69 Å². The number of rotatable bonds is 8. The molecule has 188 valence electrons. The maximum Gasteiger partial charge on any atom is 0.306 e. The van der Waals surface area contributed by atoms with Crippen LogP contribution in [-0.2, 0) is 14.3 Å². The first-order chi connectivity index (χ1) is 17.3. The summed E-state index contributed by atoms with van der Waals surface area (Å²) >= 11 is 19.6. The number of aromatic nitrogens is 1. The number of amides is 1. The van der Waals surface area contributed by atoms with Crippen molar-refractivity contribution in [1.29, 1.82) is 0 Å². The molecule has 1 amide bonds. The number of carbonyl (C=O) groups is 2. The Kier molecular flexibility index (Phi) is 10.4. The van der Waals surface area contributed by atoms with Gasteiger partial charge in [0.25, 0.3) is 0 Å². The molecule has 0 aliphatic rings. The normalized spacial score (nSPS) is 12.9. The van der Waals surface area contributed by atoms with Gasteiger partial charge in [0, 0.05) is 24.1 Å². The first-order valence-corrected chi connectivity index (χ1v) is 13.0. The van der Waals surface area contributed by atoms with Crippen LogP contribution in [0.25, 0.3) is 17.0 Å². The number of carbonyl (C=O) groups excluding carboxylic acids is 2. The van der Waals surface area contributed by atoms with Crippen LogP contribution in [-0.4, -0.2) is 37.9 Å². The first kappa shape index (κ1) is 27.8. The van der Waals surface area contributed by atoms with Crippen molar-refractivity contribution in [1.82, 2.24) is 10.3 Å². The number of pyridine rings is 1. The highest BCUT2D eigenvalue weighted by atomic mass is 35.6. The summed E-state index contributed by atoms with van der Waals surface area (Å²) in [5, 5.41) is 6.92. The van der Waals surface area contributed by atoms with Crippen molar-refractivity contribution in [2.45, 2.75) is 23.3 Å². The third kappa shape index (κ3) is 8.71. The predicted molar refractivity (Wildman–Crippen MR) is 149 cm³/mol. The molecule has 3 aromatic rings. The Bertz CT molecular complexity index is 1240. The van der Waals surface area contributed by atoms with Gasteiger partial charge < -0.3 is 15.4 Å². The molecule has 2 N–H and O–H groups in total. The van der Waals surface area contributed by atoms with E-state index in [4.69, 9.17) is 39.5 Å². The third-order valence-corrected chi connectivity index (χ3v) is 5.98. The molecule has 0 bridgehead atoms. The fourth-order valence-corrected chi connectivity index (χ4v) is 3.88. The second-order valence-electron chi connectivity index (χ2n) is 7.27. The standard InChI is InChI=1S/C25H23Cl3N4O3S/c1-2-21(34)35-16-36-24(30-19-12-6-10-18-11-7-15-29-22(18)19)32-23(25(26,27)28)31-20(33)14-13-17-8-4-3-5-9-17/h3-15,23H,2,16H2,1H3,(H,30,32)(H,31,33)/b14-13+. The number of nitrogens with zero attached hydrogens (tertiary/aromatic N) is 2. The predicted octanol–water partition coefficient (Wildman–Crippen LogP) is 6.17. The highest BCUT2D eigenvalue weighted by Gasteiger charge is 2.34. The largest absolute Gasteiger partial charge is 0.454 e. The SMILES string of the molecule is CCC(=O)OCS/C(=N\C(NC(=O)/C=C/c1ccccc1)C(Cl)(Cl)Cl)Nc1cccc2cccnc12. The van der Waals surface area contributed by atoms with Crippen LogP contribution in [0.5, 0.6) is 0 Å². The van der Waals surface area contributed by atoms with Gasteiger partial charge in [-0.05, 0) is 35.5 Å². The summed E-state index contributed by atoms with van der Waals surface area (Å²) in [6.45, 7) is 1.69. The van der Waals surface area contributed by atoms with E-state index >= 15 is 0 Å². The summed E-state index contributed by atoms with van der Waals surface area (Å²) < 4.78 is 3.20. The van der Waals surface area contributed by atoms with E-state index in [2.05, 4.69) is 20.6 Å². The van der Waals surface area contributed by atoms with Gasteiger partial charge in [-0.3, -0.25) is 14.6 Å². The molecule has 1 heterocycles. The Morgan fingerprint density at radius 1 is 1.11 bits per heavy atom. The van der Waals surface area contributed by atoms with E-state index in [0.29, 0.717) is 11.2 Å². The van der Waals surface area contributed by atoms with E-state index in [1.165, 1.54) is 6.08 Å². The second-order valence-corrected chi connectivity index (χ2v) is 10.5. The monoisotopic (exact) mass is 564 g/mol. The molecule has 0 saturated carbocycles. The van der Waals surface area contributed by atoms with E-state index in [0.717, 1.165) is 22.7 Å². The van der Waals surface area contributed by atoms with Gasteiger partial charge in [0.05, 0.1) is 11.2 Å². The highest BCUT2D eigenvalue weighted by molar-refractivity contribution is 8.14. The molecule has 0 spiro atoms. The number of amidine groups is 1. The van der Waals surface area contributed by atoms with Gasteiger partial charge in [0.1, 0.15) is 5.94 Å². The van der Waals surface area contributed by atoms with Gasteiger partial charge in [0.2, 0.25) is 9.70 Å². The van der Waals surface area contributed by atoms with Gasteiger partial charge in [-0.1, -0.05) is 90.3 Å². The number of hydrogen-bond donors (Lipinski definition) is 2. The molecule has 1 unspecified atom stereocenters. The minimum atomic E-state index is -1.97. The molecule has 3 rings (SSSR count). The Balaban J connectivity index is 1.86. The lowest BCUT2D eigenvalue weighted by Gasteiger charge is -2.23. The third-order valence-electron chi connectivity index (χ3n) is 4.64. The van der Waals surface area contributed by atoms with Crippen LogP contribution in [0.2, 0.25) is 0 Å². The number of fused-ring (bicyclic) bond motifs is 1. The number of alkyl halides is 3. The molecule has 11 heteroatoms. The zero-order valence-electron chi connectivity index (χ0n) is 19.2. The van der Waals surface area contributed by atoms with Gasteiger partial charge >= 0.3 is 5.97 Å². The second kappa shape index (κ2) is 13.5. The van der Waals surface area contributed by atoms with Crippen LogP contribution in [0.15, 0.2) is 77.9 Å². The van der Waals surface area contributed by atoms with Crippen molar-refractivity contribution >= 4 is 86.3 Å². The van der Waals surface area contributed by atoms with Gasteiger partial charge in [-0.2, -0.15) is 0 Å². The topological polar surface area (TPSA) is 92.7 Å². The smallest absolute Gasteiger partial charge is 0.306 e.